The summed E-state index contributed by atoms with van der Waals surface area (Å²) in [7, 11) is 0. The van der Waals surface area contributed by atoms with E-state index in [1.54, 1.807) is 0 Å². The van der Waals surface area contributed by atoms with Crippen molar-refractivity contribution >= 4 is 35.7 Å². The molecule has 0 aliphatic carbocycles. The summed E-state index contributed by atoms with van der Waals surface area (Å²) in [5, 5.41) is 19.5. The van der Waals surface area contributed by atoms with Crippen LogP contribution in [0.5, 0.6) is 0 Å². The number of hydrogen-bond acceptors (Lipinski definition) is 19. The number of aliphatic hydroxyl groups excluding tert-OH is 1. The van der Waals surface area contributed by atoms with Gasteiger partial charge in [0.15, 0.2) is 18.7 Å². The lowest BCUT2D eigenvalue weighted by Crippen LogP contribution is -2.66. The molecule has 0 radical (unpaired) electrons. The Morgan fingerprint density at radius 1 is 0.321 bits per heavy atom. The highest BCUT2D eigenvalue weighted by Gasteiger charge is 2.50. The molecule has 792 valence electrons. The molecule has 1 rings (SSSR count). The van der Waals surface area contributed by atoms with Gasteiger partial charge in [0.05, 0.1) is 57.1 Å². The highest BCUT2D eigenvalue weighted by atomic mass is 16.7. The van der Waals surface area contributed by atoms with Gasteiger partial charge >= 0.3 is 23.9 Å². The van der Waals surface area contributed by atoms with Crippen LogP contribution in [0.3, 0.4) is 0 Å². The van der Waals surface area contributed by atoms with Gasteiger partial charge < -0.3 is 72.6 Å². The van der Waals surface area contributed by atoms with E-state index < -0.39 is 85.2 Å². The molecule has 1 fully saturated rings. The predicted octanol–water partition coefficient (Wildman–Crippen LogP) is 29.3. The molecule has 3 unspecified atom stereocenters. The topological polar surface area (TPSA) is 257 Å². The van der Waals surface area contributed by atoms with Crippen LogP contribution in [0.25, 0.3) is 0 Å². The van der Waals surface area contributed by atoms with Gasteiger partial charge in [0.1, 0.15) is 49.3 Å². The zero-order chi connectivity index (χ0) is 97.9. The number of ether oxygens (including phenoxy) is 12. The van der Waals surface area contributed by atoms with E-state index in [0.29, 0.717) is 71.2 Å². The quantitative estimate of drug-likeness (QED) is 0.0221. The largest absolute Gasteiger partial charge is 0.463 e. The molecular formula is C113H216N2O19. The highest BCUT2D eigenvalue weighted by molar-refractivity contribution is 5.78. The third-order valence-corrected chi connectivity index (χ3v) is 26.6. The lowest BCUT2D eigenvalue weighted by atomic mass is 9.95. The maximum absolute atomic E-state index is 15.6. The average molecular weight is 1910 g/mol. The molecule has 1 saturated heterocycles. The minimum absolute atomic E-state index is 0.0281. The van der Waals surface area contributed by atoms with Gasteiger partial charge in [-0.2, -0.15) is 0 Å². The van der Waals surface area contributed by atoms with Crippen LogP contribution in [-0.4, -0.2) is 173 Å². The molecule has 2 amide bonds. The summed E-state index contributed by atoms with van der Waals surface area (Å²) >= 11 is 0. The zero-order valence-corrected chi connectivity index (χ0v) is 89.3. The Kier molecular flexibility index (Phi) is 91.7. The Morgan fingerprint density at radius 3 is 1.04 bits per heavy atom. The van der Waals surface area contributed by atoms with Gasteiger partial charge in [-0.25, -0.2) is 0 Å². The van der Waals surface area contributed by atoms with E-state index in [0.717, 1.165) is 193 Å². The first-order valence-electron chi connectivity index (χ1n) is 57.5. The van der Waals surface area contributed by atoms with Crippen molar-refractivity contribution in [2.24, 2.45) is 0 Å². The van der Waals surface area contributed by atoms with Crippen molar-refractivity contribution in [3.8, 4) is 0 Å². The highest BCUT2D eigenvalue weighted by Crippen LogP contribution is 2.31. The number of aliphatic hydroxyl groups is 1. The van der Waals surface area contributed by atoms with Crippen LogP contribution in [-0.2, 0) is 85.6 Å². The third-order valence-electron chi connectivity index (χ3n) is 26.6. The van der Waals surface area contributed by atoms with Crippen LogP contribution in [0.4, 0.5) is 0 Å². The standard InChI is InChI=1S/C113H216N2O19/c1-13-24-35-41-47-53-59-65-71-77-96(124-84-31-20-8)88-103(116)114-95(12)112(127-87-34-23-11)132-101(100(126-86-33-22-10)93-128-107(120)90-97(125-85-32-21-9)78-72-66-60-54-48-42-36-25-14-2)94-129-113-109(115-104(117)89-98(79-73-67-61-55-49-43-37-26-15-3)130-105(118)81-75-69-63-57-51-45-39-28-17-5)111(110(122)102(133-113)92-123-83-30-19-7)134-108(121)91-99(80-74-68-62-56-50-44-38-27-16-4)131-106(119)82-76-70-64-58-52-46-40-29-18-6/h95-102,109-113,122H,13-94H2,1-12H3,(H,114,116)(H,115,117)/t95-,96+,97+,98+,99+,100-,101?,102?,109-,110+,111?,112-,113+/m0/s1. The number of carbonyl (C=O) groups is 6. The van der Waals surface area contributed by atoms with Crippen LogP contribution in [0, 0.1) is 0 Å². The summed E-state index contributed by atoms with van der Waals surface area (Å²) in [4.78, 5) is 88.5. The van der Waals surface area contributed by atoms with E-state index in [9.17, 15) is 24.3 Å². The SMILES string of the molecule is CCCCCCCCCCCC(=O)O[C@H](CCCCCCCCCCC)CC(=O)N[C@H]1C(OC(=O)C[C@@H](CCCCCCCCCCC)OC(=O)CCCCCCCCCCC)[C@H](O)C(COCCCC)O[C@H]1OCC(O[C@H](OCCCC)[C@H](C)NC(=O)C[C@@H](CCCCCCCCCCC)OCCCC)[C@H](COC(=O)C[C@@H](CCCCCCCCCCC)OCCCC)OCCCC. The zero-order valence-electron chi connectivity index (χ0n) is 89.3. The molecule has 0 saturated carbocycles. The molecular weight excluding hydrogens is 1690 g/mol. The number of nitrogens with one attached hydrogen (secondary N) is 2. The second-order valence-corrected chi connectivity index (χ2v) is 39.8. The second-order valence-electron chi connectivity index (χ2n) is 39.8. The lowest BCUT2D eigenvalue weighted by molar-refractivity contribution is -0.292. The van der Waals surface area contributed by atoms with Gasteiger partial charge in [-0.05, 0) is 90.4 Å². The maximum atomic E-state index is 15.6. The van der Waals surface area contributed by atoms with Crippen LogP contribution < -0.4 is 10.6 Å². The molecule has 3 N–H and O–H groups in total. The fraction of sp³-hybridized carbons (Fsp3) is 0.947. The number of unbranched alkanes of at least 4 members (excludes halogenated alkanes) is 53. The van der Waals surface area contributed by atoms with E-state index in [1.165, 1.54) is 193 Å². The predicted molar refractivity (Wildman–Crippen MR) is 549 cm³/mol. The van der Waals surface area contributed by atoms with Gasteiger partial charge in [-0.15, -0.1) is 0 Å². The molecule has 0 bridgehead atoms. The van der Waals surface area contributed by atoms with Crippen LogP contribution in [0.15, 0.2) is 0 Å². The first-order valence-corrected chi connectivity index (χ1v) is 57.5. The summed E-state index contributed by atoms with van der Waals surface area (Å²) in [6.07, 6.45) is 59.2. The van der Waals surface area contributed by atoms with Crippen molar-refractivity contribution in [2.45, 2.75) is 638 Å². The molecule has 0 spiro atoms. The Morgan fingerprint density at radius 2 is 0.642 bits per heavy atom. The van der Waals surface area contributed by atoms with Crippen molar-refractivity contribution in [1.82, 2.24) is 10.6 Å². The molecule has 21 heteroatoms. The van der Waals surface area contributed by atoms with Crippen molar-refractivity contribution in [1.29, 1.82) is 0 Å². The van der Waals surface area contributed by atoms with Gasteiger partial charge in [-0.1, -0.05) is 429 Å². The van der Waals surface area contributed by atoms with Crippen LogP contribution in [0.2, 0.25) is 0 Å². The summed E-state index contributed by atoms with van der Waals surface area (Å²) < 4.78 is 80.3. The number of hydrogen-bond donors (Lipinski definition) is 3. The fourth-order valence-electron chi connectivity index (χ4n) is 17.7. The van der Waals surface area contributed by atoms with E-state index in [4.69, 9.17) is 56.8 Å². The molecule has 21 nitrogen and oxygen atoms in total. The van der Waals surface area contributed by atoms with Crippen molar-refractivity contribution < 1.29 is 90.7 Å². The number of amides is 2. The normalized spacial score (nSPS) is 16.9. The first-order chi connectivity index (χ1) is 65.5. The van der Waals surface area contributed by atoms with Gasteiger partial charge in [-0.3, -0.25) is 28.8 Å². The first kappa shape index (κ1) is 128. The van der Waals surface area contributed by atoms with Crippen LogP contribution >= 0.6 is 0 Å². The molecule has 134 heavy (non-hydrogen) atoms. The molecule has 0 aromatic carbocycles. The number of esters is 4. The summed E-state index contributed by atoms with van der Waals surface area (Å²) in [6.45, 7) is 26.8. The third kappa shape index (κ3) is 75.3. The van der Waals surface area contributed by atoms with Crippen molar-refractivity contribution in [2.75, 3.05) is 52.9 Å². The van der Waals surface area contributed by atoms with E-state index in [1.807, 2.05) is 6.92 Å². The van der Waals surface area contributed by atoms with Crippen molar-refractivity contribution in [3.63, 3.8) is 0 Å². The van der Waals surface area contributed by atoms with Crippen LogP contribution in [0.1, 0.15) is 558 Å². The number of rotatable bonds is 103. The van der Waals surface area contributed by atoms with Crippen molar-refractivity contribution in [3.05, 3.63) is 0 Å². The minimum atomic E-state index is -1.61. The Hall–Kier alpha value is -3.54. The smallest absolute Gasteiger partial charge is 0.310 e. The summed E-state index contributed by atoms with van der Waals surface area (Å²) in [5.41, 5.74) is 0. The van der Waals surface area contributed by atoms with Gasteiger partial charge in [0.25, 0.3) is 0 Å². The summed E-state index contributed by atoms with van der Waals surface area (Å²) in [6, 6.07) is -2.22. The molecule has 1 aliphatic heterocycles. The summed E-state index contributed by atoms with van der Waals surface area (Å²) in [5.74, 6) is -2.72. The Balaban J connectivity index is 4.48. The molecule has 1 heterocycles. The minimum Gasteiger partial charge on any atom is -0.463 e. The molecule has 1 aliphatic rings. The molecule has 13 atom stereocenters. The lowest BCUT2D eigenvalue weighted by Gasteiger charge is -2.45. The second kappa shape index (κ2) is 95.6. The van der Waals surface area contributed by atoms with E-state index >= 15 is 9.59 Å². The maximum Gasteiger partial charge on any atom is 0.310 e. The average Bonchev–Trinajstić information content (AvgIpc) is 0.788. The van der Waals surface area contributed by atoms with Gasteiger partial charge in [0.2, 0.25) is 11.8 Å². The number of carbonyl (C=O) groups excluding carboxylic acids is 6. The fourth-order valence-corrected chi connectivity index (χ4v) is 17.7. The Bertz CT molecular complexity index is 2610. The van der Waals surface area contributed by atoms with E-state index in [-0.39, 0.29) is 102 Å². The monoisotopic (exact) mass is 1910 g/mol. The molecule has 0 aromatic rings. The molecule has 0 aromatic heterocycles. The van der Waals surface area contributed by atoms with E-state index in [2.05, 4.69) is 86.8 Å². The van der Waals surface area contributed by atoms with Gasteiger partial charge in [0, 0.05) is 45.9 Å². The Labute approximate surface area is 823 Å².